The van der Waals surface area contributed by atoms with Crippen LogP contribution in [0.25, 0.3) is 0 Å². The quantitative estimate of drug-likeness (QED) is 0.654. The standard InChI is InChI=1S/C16H16N2O2/c19-18(20)15-9-5-4-8-14(15)17-16(13-10-11-13)12-6-2-1-3-7-12/h1-9,13,16-17H,10-11H2. The van der Waals surface area contributed by atoms with Gasteiger partial charge in [0.25, 0.3) is 5.69 Å². The molecule has 0 heterocycles. The summed E-state index contributed by atoms with van der Waals surface area (Å²) in [5.41, 5.74) is 1.92. The van der Waals surface area contributed by atoms with E-state index in [2.05, 4.69) is 17.4 Å². The first-order chi connectivity index (χ1) is 9.75. The highest BCUT2D eigenvalue weighted by atomic mass is 16.6. The predicted molar refractivity (Wildman–Crippen MR) is 78.6 cm³/mol. The molecule has 1 aliphatic rings. The summed E-state index contributed by atoms with van der Waals surface area (Å²) in [6, 6.07) is 17.1. The molecule has 1 aliphatic carbocycles. The molecule has 3 rings (SSSR count). The van der Waals surface area contributed by atoms with Crippen LogP contribution >= 0.6 is 0 Å². The summed E-state index contributed by atoms with van der Waals surface area (Å²) in [5, 5.41) is 14.5. The molecule has 4 heteroatoms. The summed E-state index contributed by atoms with van der Waals surface area (Å²) < 4.78 is 0. The number of nitrogens with zero attached hydrogens (tertiary/aromatic N) is 1. The molecule has 0 aromatic heterocycles. The van der Waals surface area contributed by atoms with Crippen molar-refractivity contribution in [2.24, 2.45) is 5.92 Å². The molecular weight excluding hydrogens is 252 g/mol. The molecule has 1 saturated carbocycles. The van der Waals surface area contributed by atoms with E-state index in [-0.39, 0.29) is 16.7 Å². The molecule has 1 N–H and O–H groups in total. The van der Waals surface area contributed by atoms with E-state index in [1.165, 1.54) is 24.5 Å². The summed E-state index contributed by atoms with van der Waals surface area (Å²) in [6.07, 6.45) is 2.35. The van der Waals surface area contributed by atoms with E-state index in [9.17, 15) is 10.1 Å². The third-order valence-electron chi connectivity index (χ3n) is 3.66. The van der Waals surface area contributed by atoms with Crippen LogP contribution in [-0.4, -0.2) is 4.92 Å². The number of rotatable bonds is 5. The molecule has 2 aromatic carbocycles. The van der Waals surface area contributed by atoms with Crippen molar-refractivity contribution >= 4 is 11.4 Å². The highest BCUT2D eigenvalue weighted by Gasteiger charge is 2.33. The largest absolute Gasteiger partial charge is 0.372 e. The zero-order valence-electron chi connectivity index (χ0n) is 11.0. The lowest BCUT2D eigenvalue weighted by Gasteiger charge is -2.20. The van der Waals surface area contributed by atoms with Gasteiger partial charge in [-0.25, -0.2) is 0 Å². The van der Waals surface area contributed by atoms with Gasteiger partial charge >= 0.3 is 0 Å². The average Bonchev–Trinajstić information content (AvgIpc) is 3.30. The van der Waals surface area contributed by atoms with Gasteiger partial charge in [-0.1, -0.05) is 42.5 Å². The maximum Gasteiger partial charge on any atom is 0.292 e. The molecular formula is C16H16N2O2. The number of nitro groups is 1. The van der Waals surface area contributed by atoms with Crippen LogP contribution in [0.1, 0.15) is 24.4 Å². The molecule has 0 bridgehead atoms. The van der Waals surface area contributed by atoms with Crippen LogP contribution in [-0.2, 0) is 0 Å². The van der Waals surface area contributed by atoms with E-state index >= 15 is 0 Å². The molecule has 102 valence electrons. The van der Waals surface area contributed by atoms with Crippen molar-refractivity contribution in [2.75, 3.05) is 5.32 Å². The van der Waals surface area contributed by atoms with Crippen LogP contribution in [0.5, 0.6) is 0 Å². The number of benzene rings is 2. The molecule has 1 atom stereocenters. The normalized spacial score (nSPS) is 15.6. The van der Waals surface area contributed by atoms with Gasteiger partial charge in [0.1, 0.15) is 5.69 Å². The van der Waals surface area contributed by atoms with Crippen LogP contribution < -0.4 is 5.32 Å². The maximum atomic E-state index is 11.1. The number of hydrogen-bond donors (Lipinski definition) is 1. The molecule has 1 fully saturated rings. The van der Waals surface area contributed by atoms with Crippen molar-refractivity contribution in [3.63, 3.8) is 0 Å². The van der Waals surface area contributed by atoms with Gasteiger partial charge in [-0.15, -0.1) is 0 Å². The number of nitrogens with one attached hydrogen (secondary N) is 1. The minimum atomic E-state index is -0.336. The summed E-state index contributed by atoms with van der Waals surface area (Å²) in [7, 11) is 0. The minimum absolute atomic E-state index is 0.133. The highest BCUT2D eigenvalue weighted by molar-refractivity contribution is 5.62. The molecule has 2 aromatic rings. The maximum absolute atomic E-state index is 11.1. The Morgan fingerprint density at radius 1 is 1.05 bits per heavy atom. The first-order valence-electron chi connectivity index (χ1n) is 6.80. The molecule has 0 saturated heterocycles. The van der Waals surface area contributed by atoms with Gasteiger partial charge in [0.15, 0.2) is 0 Å². The molecule has 0 radical (unpaired) electrons. The highest BCUT2D eigenvalue weighted by Crippen LogP contribution is 2.43. The number of anilines is 1. The van der Waals surface area contributed by atoms with Crippen molar-refractivity contribution in [1.29, 1.82) is 0 Å². The third-order valence-corrected chi connectivity index (χ3v) is 3.66. The lowest BCUT2D eigenvalue weighted by atomic mass is 10.0. The Labute approximate surface area is 117 Å². The van der Waals surface area contributed by atoms with E-state index in [1.807, 2.05) is 24.3 Å². The Morgan fingerprint density at radius 3 is 2.35 bits per heavy atom. The zero-order chi connectivity index (χ0) is 13.9. The fourth-order valence-corrected chi connectivity index (χ4v) is 2.49. The number of hydrogen-bond acceptors (Lipinski definition) is 3. The smallest absolute Gasteiger partial charge is 0.292 e. The van der Waals surface area contributed by atoms with Gasteiger partial charge in [-0.05, 0) is 30.4 Å². The van der Waals surface area contributed by atoms with Gasteiger partial charge in [0, 0.05) is 6.07 Å². The van der Waals surface area contributed by atoms with Gasteiger partial charge in [0.05, 0.1) is 11.0 Å². The molecule has 0 aliphatic heterocycles. The minimum Gasteiger partial charge on any atom is -0.372 e. The second-order valence-electron chi connectivity index (χ2n) is 5.14. The van der Waals surface area contributed by atoms with Gasteiger partial charge < -0.3 is 5.32 Å². The van der Waals surface area contributed by atoms with Crippen LogP contribution in [0, 0.1) is 16.0 Å². The molecule has 1 unspecified atom stereocenters. The average molecular weight is 268 g/mol. The van der Waals surface area contributed by atoms with Crippen molar-refractivity contribution in [1.82, 2.24) is 0 Å². The topological polar surface area (TPSA) is 55.2 Å². The summed E-state index contributed by atoms with van der Waals surface area (Å²) in [6.45, 7) is 0. The van der Waals surface area contributed by atoms with Crippen LogP contribution in [0.2, 0.25) is 0 Å². The number of para-hydroxylation sites is 2. The molecule has 0 spiro atoms. The molecule has 4 nitrogen and oxygen atoms in total. The number of nitro benzene ring substituents is 1. The van der Waals surface area contributed by atoms with E-state index in [1.54, 1.807) is 12.1 Å². The van der Waals surface area contributed by atoms with Crippen molar-refractivity contribution in [2.45, 2.75) is 18.9 Å². The Bertz CT molecular complexity index is 609. The second-order valence-corrected chi connectivity index (χ2v) is 5.14. The molecule has 20 heavy (non-hydrogen) atoms. The first-order valence-corrected chi connectivity index (χ1v) is 6.80. The lowest BCUT2D eigenvalue weighted by Crippen LogP contribution is -2.13. The van der Waals surface area contributed by atoms with Crippen molar-refractivity contribution < 1.29 is 4.92 Å². The SMILES string of the molecule is O=[N+]([O-])c1ccccc1NC(c1ccccc1)C1CC1. The van der Waals surface area contributed by atoms with E-state index in [0.29, 0.717) is 11.6 Å². The Balaban J connectivity index is 1.90. The summed E-state index contributed by atoms with van der Waals surface area (Å²) in [5.74, 6) is 0.567. The zero-order valence-corrected chi connectivity index (χ0v) is 11.0. The third kappa shape index (κ3) is 2.64. The Morgan fingerprint density at radius 2 is 1.70 bits per heavy atom. The second kappa shape index (κ2) is 5.33. The van der Waals surface area contributed by atoms with Crippen LogP contribution in [0.3, 0.4) is 0 Å². The Kier molecular flexibility index (Phi) is 3.37. The van der Waals surface area contributed by atoms with Gasteiger partial charge in [-0.3, -0.25) is 10.1 Å². The van der Waals surface area contributed by atoms with Gasteiger partial charge in [-0.2, -0.15) is 0 Å². The first kappa shape index (κ1) is 12.7. The van der Waals surface area contributed by atoms with Crippen LogP contribution in [0.4, 0.5) is 11.4 Å². The summed E-state index contributed by atoms with van der Waals surface area (Å²) >= 11 is 0. The summed E-state index contributed by atoms with van der Waals surface area (Å²) in [4.78, 5) is 10.8. The van der Waals surface area contributed by atoms with E-state index in [4.69, 9.17) is 0 Å². The lowest BCUT2D eigenvalue weighted by molar-refractivity contribution is -0.384. The monoisotopic (exact) mass is 268 g/mol. The van der Waals surface area contributed by atoms with Crippen molar-refractivity contribution in [3.05, 3.63) is 70.3 Å². The van der Waals surface area contributed by atoms with Crippen molar-refractivity contribution in [3.8, 4) is 0 Å². The van der Waals surface area contributed by atoms with Gasteiger partial charge in [0.2, 0.25) is 0 Å². The predicted octanol–water partition coefficient (Wildman–Crippen LogP) is 4.16. The van der Waals surface area contributed by atoms with Crippen LogP contribution in [0.15, 0.2) is 54.6 Å². The molecule has 0 amide bonds. The fraction of sp³-hybridized carbons (Fsp3) is 0.250. The van der Waals surface area contributed by atoms with E-state index in [0.717, 1.165) is 0 Å². The fourth-order valence-electron chi connectivity index (χ4n) is 2.49. The van der Waals surface area contributed by atoms with E-state index < -0.39 is 0 Å². The Hall–Kier alpha value is -2.36.